The summed E-state index contributed by atoms with van der Waals surface area (Å²) in [5, 5.41) is 0. The van der Waals surface area contributed by atoms with E-state index in [1.54, 1.807) is 0 Å². The molecule has 0 aromatic carbocycles. The second-order valence-electron chi connectivity index (χ2n) is 6.67. The summed E-state index contributed by atoms with van der Waals surface area (Å²) in [5.74, 6) is -0.808. The van der Waals surface area contributed by atoms with Crippen molar-refractivity contribution in [1.29, 1.82) is 0 Å². The molecule has 3 nitrogen and oxygen atoms in total. The SMILES string of the molecule is CC(C)(C)N1CC2(C=CC(=O)C=C2)C(C)(C(F)F)C1=O. The van der Waals surface area contributed by atoms with Gasteiger partial charge in [0.05, 0.1) is 0 Å². The van der Waals surface area contributed by atoms with Crippen LogP contribution in [0.25, 0.3) is 0 Å². The molecule has 20 heavy (non-hydrogen) atoms. The zero-order valence-electron chi connectivity index (χ0n) is 12.1. The smallest absolute Gasteiger partial charge is 0.253 e. The number of halogens is 2. The highest BCUT2D eigenvalue weighted by Gasteiger charge is 2.65. The van der Waals surface area contributed by atoms with E-state index >= 15 is 0 Å². The first-order valence-electron chi connectivity index (χ1n) is 6.57. The quantitative estimate of drug-likeness (QED) is 0.741. The normalized spacial score (nSPS) is 29.1. The van der Waals surface area contributed by atoms with Crippen LogP contribution in [0.2, 0.25) is 0 Å². The second-order valence-corrected chi connectivity index (χ2v) is 6.67. The lowest BCUT2D eigenvalue weighted by Gasteiger charge is -2.36. The molecule has 0 saturated carbocycles. The first-order valence-corrected chi connectivity index (χ1v) is 6.57. The van der Waals surface area contributed by atoms with Crippen molar-refractivity contribution in [2.45, 2.75) is 39.7 Å². The van der Waals surface area contributed by atoms with Crippen molar-refractivity contribution in [3.8, 4) is 0 Å². The molecule has 2 rings (SSSR count). The summed E-state index contributed by atoms with van der Waals surface area (Å²) < 4.78 is 27.3. The lowest BCUT2D eigenvalue weighted by molar-refractivity contribution is -0.148. The van der Waals surface area contributed by atoms with E-state index in [-0.39, 0.29) is 12.3 Å². The van der Waals surface area contributed by atoms with E-state index in [0.29, 0.717) is 0 Å². The topological polar surface area (TPSA) is 37.4 Å². The molecular weight excluding hydrogens is 264 g/mol. The Kier molecular flexibility index (Phi) is 3.15. The van der Waals surface area contributed by atoms with Crippen LogP contribution in [0, 0.1) is 10.8 Å². The monoisotopic (exact) mass is 283 g/mol. The fraction of sp³-hybridized carbons (Fsp3) is 0.600. The third kappa shape index (κ3) is 1.83. The number of amides is 1. The molecule has 1 heterocycles. The number of hydrogen-bond acceptors (Lipinski definition) is 2. The number of carbonyl (C=O) groups is 2. The van der Waals surface area contributed by atoms with E-state index in [9.17, 15) is 18.4 Å². The molecule has 2 aliphatic rings. The van der Waals surface area contributed by atoms with Crippen molar-refractivity contribution in [3.63, 3.8) is 0 Å². The summed E-state index contributed by atoms with van der Waals surface area (Å²) in [6.45, 7) is 6.90. The van der Waals surface area contributed by atoms with Gasteiger partial charge in [0.25, 0.3) is 6.43 Å². The van der Waals surface area contributed by atoms with Crippen molar-refractivity contribution in [2.75, 3.05) is 6.54 Å². The van der Waals surface area contributed by atoms with E-state index < -0.39 is 28.7 Å². The summed E-state index contributed by atoms with van der Waals surface area (Å²) >= 11 is 0. The van der Waals surface area contributed by atoms with Gasteiger partial charge < -0.3 is 4.90 Å². The van der Waals surface area contributed by atoms with Crippen molar-refractivity contribution in [3.05, 3.63) is 24.3 Å². The van der Waals surface area contributed by atoms with Crippen LogP contribution in [0.3, 0.4) is 0 Å². The Hall–Kier alpha value is -1.52. The summed E-state index contributed by atoms with van der Waals surface area (Å²) in [7, 11) is 0. The van der Waals surface area contributed by atoms with Gasteiger partial charge in [-0.25, -0.2) is 8.78 Å². The summed E-state index contributed by atoms with van der Waals surface area (Å²) in [5.41, 5.74) is -3.51. The highest BCUT2D eigenvalue weighted by Crippen LogP contribution is 2.55. The first kappa shape index (κ1) is 14.9. The van der Waals surface area contributed by atoms with Gasteiger partial charge in [-0.1, -0.05) is 12.2 Å². The lowest BCUT2D eigenvalue weighted by Crippen LogP contribution is -2.47. The third-order valence-electron chi connectivity index (χ3n) is 4.41. The molecule has 0 radical (unpaired) electrons. The molecule has 1 atom stereocenters. The predicted molar refractivity (Wildman–Crippen MR) is 71.3 cm³/mol. The minimum absolute atomic E-state index is 0.163. The summed E-state index contributed by atoms with van der Waals surface area (Å²) in [4.78, 5) is 25.3. The van der Waals surface area contributed by atoms with E-state index in [1.807, 2.05) is 20.8 Å². The van der Waals surface area contributed by atoms with Gasteiger partial charge in [0.15, 0.2) is 5.78 Å². The number of carbonyl (C=O) groups excluding carboxylic acids is 2. The zero-order valence-corrected chi connectivity index (χ0v) is 12.1. The summed E-state index contributed by atoms with van der Waals surface area (Å²) in [6.07, 6.45) is 2.68. The highest BCUT2D eigenvalue weighted by molar-refractivity contribution is 6.01. The van der Waals surface area contributed by atoms with Crippen LogP contribution in [-0.4, -0.2) is 35.1 Å². The van der Waals surface area contributed by atoms with Gasteiger partial charge in [0.2, 0.25) is 5.91 Å². The molecule has 1 fully saturated rings. The van der Waals surface area contributed by atoms with Gasteiger partial charge in [0.1, 0.15) is 5.41 Å². The molecular formula is C15H19F2NO2. The van der Waals surface area contributed by atoms with Crippen molar-refractivity contribution >= 4 is 11.7 Å². The molecule has 0 N–H and O–H groups in total. The van der Waals surface area contributed by atoms with Gasteiger partial charge in [-0.15, -0.1) is 0 Å². The molecule has 1 saturated heterocycles. The highest BCUT2D eigenvalue weighted by atomic mass is 19.3. The number of alkyl halides is 2. The molecule has 1 aliphatic heterocycles. The zero-order chi connectivity index (χ0) is 15.3. The second kappa shape index (κ2) is 4.24. The Bertz CT molecular complexity index is 500. The van der Waals surface area contributed by atoms with Crippen LogP contribution in [0.15, 0.2) is 24.3 Å². The Labute approximate surface area is 117 Å². The third-order valence-corrected chi connectivity index (χ3v) is 4.41. The largest absolute Gasteiger partial charge is 0.336 e. The van der Waals surface area contributed by atoms with Crippen LogP contribution in [-0.2, 0) is 9.59 Å². The number of allylic oxidation sites excluding steroid dienone is 2. The van der Waals surface area contributed by atoms with Crippen LogP contribution in [0.4, 0.5) is 8.78 Å². The predicted octanol–water partition coefficient (Wildman–Crippen LogP) is 2.58. The Morgan fingerprint density at radius 1 is 1.20 bits per heavy atom. The first-order chi connectivity index (χ1) is 9.04. The maximum Gasteiger partial charge on any atom is 0.253 e. The Morgan fingerprint density at radius 3 is 2.10 bits per heavy atom. The number of hydrogen-bond donors (Lipinski definition) is 0. The van der Waals surface area contributed by atoms with Gasteiger partial charge in [0, 0.05) is 17.5 Å². The minimum atomic E-state index is -2.80. The number of nitrogens with zero attached hydrogens (tertiary/aromatic N) is 1. The molecule has 1 amide bonds. The molecule has 110 valence electrons. The molecule has 1 aliphatic carbocycles. The number of likely N-dealkylation sites (tertiary alicyclic amines) is 1. The Morgan fingerprint density at radius 2 is 1.70 bits per heavy atom. The van der Waals surface area contributed by atoms with Crippen LogP contribution >= 0.6 is 0 Å². The summed E-state index contributed by atoms with van der Waals surface area (Å²) in [6, 6.07) is 0. The lowest BCUT2D eigenvalue weighted by atomic mass is 9.65. The van der Waals surface area contributed by atoms with Crippen molar-refractivity contribution in [1.82, 2.24) is 4.90 Å². The molecule has 0 aromatic heterocycles. The van der Waals surface area contributed by atoms with Gasteiger partial charge in [-0.3, -0.25) is 9.59 Å². The maximum atomic E-state index is 13.7. The fourth-order valence-electron chi connectivity index (χ4n) is 2.84. The minimum Gasteiger partial charge on any atom is -0.336 e. The van der Waals surface area contributed by atoms with Crippen LogP contribution < -0.4 is 0 Å². The molecule has 1 spiro atoms. The molecule has 1 unspecified atom stereocenters. The molecule has 5 heteroatoms. The van der Waals surface area contributed by atoms with Gasteiger partial charge in [-0.05, 0) is 39.8 Å². The van der Waals surface area contributed by atoms with Gasteiger partial charge >= 0.3 is 0 Å². The van der Waals surface area contributed by atoms with Crippen LogP contribution in [0.1, 0.15) is 27.7 Å². The van der Waals surface area contributed by atoms with E-state index in [1.165, 1.54) is 36.1 Å². The van der Waals surface area contributed by atoms with Crippen LogP contribution in [0.5, 0.6) is 0 Å². The fourth-order valence-corrected chi connectivity index (χ4v) is 2.84. The van der Waals surface area contributed by atoms with E-state index in [0.717, 1.165) is 0 Å². The average Bonchev–Trinajstić information content (AvgIpc) is 2.56. The number of rotatable bonds is 1. The van der Waals surface area contributed by atoms with Gasteiger partial charge in [-0.2, -0.15) is 0 Å². The van der Waals surface area contributed by atoms with Crippen molar-refractivity contribution < 1.29 is 18.4 Å². The van der Waals surface area contributed by atoms with E-state index in [2.05, 4.69) is 0 Å². The van der Waals surface area contributed by atoms with Crippen molar-refractivity contribution in [2.24, 2.45) is 10.8 Å². The molecule has 0 bridgehead atoms. The average molecular weight is 283 g/mol. The maximum absolute atomic E-state index is 13.7. The van der Waals surface area contributed by atoms with E-state index in [4.69, 9.17) is 0 Å². The molecule has 0 aromatic rings. The Balaban J connectivity index is 2.57. The standard InChI is InChI=1S/C15H19F2NO2/c1-13(2,3)18-9-15(7-5-10(19)6-8-15)14(4,11(16)17)12(18)20/h5-8,11H,9H2,1-4H3. The number of ketones is 1.